The van der Waals surface area contributed by atoms with Gasteiger partial charge in [-0.2, -0.15) is 26.3 Å². The molecule has 0 aliphatic carbocycles. The number of halogens is 7. The molecule has 0 rings (SSSR count). The highest BCUT2D eigenvalue weighted by Crippen LogP contribution is 2.48. The van der Waals surface area contributed by atoms with E-state index in [1.54, 1.807) is 0 Å². The van der Waals surface area contributed by atoms with E-state index < -0.39 is 17.4 Å². The van der Waals surface area contributed by atoms with Gasteiger partial charge >= 0.3 is 17.4 Å². The molecule has 0 aromatic heterocycles. The third kappa shape index (κ3) is 1.91. The van der Waals surface area contributed by atoms with Crippen LogP contribution in [0.25, 0.3) is 0 Å². The molecule has 0 spiro atoms. The summed E-state index contributed by atoms with van der Waals surface area (Å²) in [6.07, 6.45) is -12.2. The van der Waals surface area contributed by atoms with Gasteiger partial charge in [-0.1, -0.05) is 0 Å². The summed E-state index contributed by atoms with van der Waals surface area (Å²) in [6.45, 7) is 0. The predicted molar refractivity (Wildman–Crippen MR) is 23.5 cm³/mol. The van der Waals surface area contributed by atoms with Gasteiger partial charge < -0.3 is 0 Å². The molecule has 0 N–H and O–H groups in total. The van der Waals surface area contributed by atoms with Crippen LogP contribution >= 0.6 is 12.6 Å². The predicted octanol–water partition coefficient (Wildman–Crippen LogP) is 2.97. The van der Waals surface area contributed by atoms with Crippen LogP contribution in [0.15, 0.2) is 0 Å². The van der Waals surface area contributed by atoms with E-state index in [2.05, 4.69) is 12.6 Å². The summed E-state index contributed by atoms with van der Waals surface area (Å²) in [7, 11) is 0. The van der Waals surface area contributed by atoms with Crippen molar-refractivity contribution in [3.8, 4) is 0 Å². The lowest BCUT2D eigenvalue weighted by atomic mass is 10.3. The molecule has 0 bridgehead atoms. The van der Waals surface area contributed by atoms with Crippen LogP contribution < -0.4 is 0 Å². The van der Waals surface area contributed by atoms with Gasteiger partial charge in [-0.05, 0) is 12.6 Å². The van der Waals surface area contributed by atoms with Crippen molar-refractivity contribution in [2.45, 2.75) is 17.4 Å². The summed E-state index contributed by atoms with van der Waals surface area (Å²) in [5.41, 5.74) is 0. The summed E-state index contributed by atoms with van der Waals surface area (Å²) < 4.78 is 78.5. The number of alkyl halides is 7. The van der Waals surface area contributed by atoms with E-state index in [1.165, 1.54) is 0 Å². The van der Waals surface area contributed by atoms with Crippen LogP contribution in [0.3, 0.4) is 0 Å². The van der Waals surface area contributed by atoms with Gasteiger partial charge in [0, 0.05) is 0 Å². The first-order valence-electron chi connectivity index (χ1n) is 2.03. The Bertz CT molecular complexity index is 125. The zero-order valence-electron chi connectivity index (χ0n) is 4.55. The standard InChI is InChI=1S/C3F7S/c4-1(11,2(5,6)7)3(8,9)10. The van der Waals surface area contributed by atoms with E-state index in [1.807, 2.05) is 0 Å². The molecule has 0 amide bonds. The lowest BCUT2D eigenvalue weighted by Gasteiger charge is -2.23. The average Bonchev–Trinajstić information content (AvgIpc) is 1.58. The Labute approximate surface area is 61.8 Å². The Kier molecular flexibility index (Phi) is 2.40. The second-order valence-electron chi connectivity index (χ2n) is 1.59. The van der Waals surface area contributed by atoms with E-state index in [9.17, 15) is 30.7 Å². The molecule has 0 saturated carbocycles. The molecule has 0 aromatic rings. The molecule has 0 aliphatic heterocycles. The molecule has 0 saturated heterocycles. The van der Waals surface area contributed by atoms with Gasteiger partial charge in [0.1, 0.15) is 0 Å². The highest BCUT2D eigenvalue weighted by molar-refractivity contribution is 7.81. The van der Waals surface area contributed by atoms with E-state index in [0.717, 1.165) is 0 Å². The lowest BCUT2D eigenvalue weighted by Crippen LogP contribution is -2.48. The Morgan fingerprint density at radius 2 is 0.818 bits per heavy atom. The molecule has 67 valence electrons. The van der Waals surface area contributed by atoms with Crippen molar-refractivity contribution in [2.75, 3.05) is 0 Å². The summed E-state index contributed by atoms with van der Waals surface area (Å²) in [5, 5.41) is -5.54. The fourth-order valence-electron chi connectivity index (χ4n) is 0.161. The molecule has 0 fully saturated rings. The summed E-state index contributed by atoms with van der Waals surface area (Å²) in [5.74, 6) is 0. The maximum absolute atomic E-state index is 11.7. The van der Waals surface area contributed by atoms with Crippen LogP contribution in [-0.4, -0.2) is 17.4 Å². The highest BCUT2D eigenvalue weighted by Gasteiger charge is 2.71. The fourth-order valence-corrected chi connectivity index (χ4v) is 0.161. The first-order valence-corrected chi connectivity index (χ1v) is 2.44. The fraction of sp³-hybridized carbons (Fsp3) is 1.00. The molecule has 0 heterocycles. The molecule has 1 radical (unpaired) electrons. The molecule has 0 unspecified atom stereocenters. The summed E-state index contributed by atoms with van der Waals surface area (Å²) >= 11 is 2.70. The van der Waals surface area contributed by atoms with Gasteiger partial charge in [0.05, 0.1) is 0 Å². The Morgan fingerprint density at radius 3 is 0.818 bits per heavy atom. The first kappa shape index (κ1) is 10.9. The Balaban J connectivity index is 4.75. The number of rotatable bonds is 0. The van der Waals surface area contributed by atoms with Gasteiger partial charge in [-0.15, -0.1) is 0 Å². The van der Waals surface area contributed by atoms with Gasteiger partial charge in [0.25, 0.3) is 0 Å². The largest absolute Gasteiger partial charge is 0.442 e. The lowest BCUT2D eigenvalue weighted by molar-refractivity contribution is -0.302. The van der Waals surface area contributed by atoms with E-state index >= 15 is 0 Å². The van der Waals surface area contributed by atoms with Crippen molar-refractivity contribution in [3.63, 3.8) is 0 Å². The monoisotopic (exact) mass is 201 g/mol. The van der Waals surface area contributed by atoms with Crippen LogP contribution in [0.4, 0.5) is 30.7 Å². The third-order valence-corrected chi connectivity index (χ3v) is 1.19. The quantitative estimate of drug-likeness (QED) is 0.528. The van der Waals surface area contributed by atoms with Crippen LogP contribution in [0.1, 0.15) is 0 Å². The zero-order chi connectivity index (χ0) is 9.50. The third-order valence-electron chi connectivity index (χ3n) is 0.729. The minimum Gasteiger partial charge on any atom is -0.210 e. The van der Waals surface area contributed by atoms with Crippen molar-refractivity contribution < 1.29 is 30.7 Å². The van der Waals surface area contributed by atoms with Crippen LogP contribution in [0, 0.1) is 0 Å². The van der Waals surface area contributed by atoms with E-state index in [-0.39, 0.29) is 0 Å². The van der Waals surface area contributed by atoms with Gasteiger partial charge in [0.15, 0.2) is 0 Å². The second kappa shape index (κ2) is 2.43. The minimum atomic E-state index is -6.10. The molecule has 0 aliphatic rings. The van der Waals surface area contributed by atoms with Gasteiger partial charge in [-0.3, -0.25) is 0 Å². The van der Waals surface area contributed by atoms with Gasteiger partial charge in [-0.25, -0.2) is 4.39 Å². The van der Waals surface area contributed by atoms with Crippen LogP contribution in [0.5, 0.6) is 0 Å². The maximum Gasteiger partial charge on any atom is 0.442 e. The first-order chi connectivity index (χ1) is 4.50. The van der Waals surface area contributed by atoms with Crippen molar-refractivity contribution in [3.05, 3.63) is 0 Å². The van der Waals surface area contributed by atoms with Crippen molar-refractivity contribution >= 4 is 12.6 Å². The van der Waals surface area contributed by atoms with Crippen LogP contribution in [0.2, 0.25) is 0 Å². The number of hydrogen-bond acceptors (Lipinski definition) is 0. The summed E-state index contributed by atoms with van der Waals surface area (Å²) in [6, 6.07) is 0. The van der Waals surface area contributed by atoms with Crippen molar-refractivity contribution in [1.82, 2.24) is 0 Å². The molecule has 0 atom stereocenters. The Morgan fingerprint density at radius 1 is 0.636 bits per heavy atom. The normalized spacial score (nSPS) is 15.3. The maximum atomic E-state index is 11.7. The van der Waals surface area contributed by atoms with Gasteiger partial charge in [0.2, 0.25) is 0 Å². The second-order valence-corrected chi connectivity index (χ2v) is 2.15. The van der Waals surface area contributed by atoms with E-state index in [0.29, 0.717) is 0 Å². The van der Waals surface area contributed by atoms with Crippen molar-refractivity contribution in [1.29, 1.82) is 0 Å². The van der Waals surface area contributed by atoms with E-state index in [4.69, 9.17) is 0 Å². The Hall–Kier alpha value is -0.140. The number of hydrogen-bond donors (Lipinski definition) is 0. The summed E-state index contributed by atoms with van der Waals surface area (Å²) in [4.78, 5) is 0. The zero-order valence-corrected chi connectivity index (χ0v) is 5.37. The molecular formula is C3F7S. The molecule has 8 heteroatoms. The average molecular weight is 201 g/mol. The topological polar surface area (TPSA) is 0 Å². The SMILES string of the molecule is FC(F)(F)C(F)([S])C(F)(F)F. The smallest absolute Gasteiger partial charge is 0.210 e. The molecule has 11 heavy (non-hydrogen) atoms. The minimum absolute atomic E-state index is 2.70. The van der Waals surface area contributed by atoms with Crippen LogP contribution in [-0.2, 0) is 0 Å². The highest BCUT2D eigenvalue weighted by atomic mass is 32.1. The molecular weight excluding hydrogens is 201 g/mol. The molecule has 0 nitrogen and oxygen atoms in total. The molecule has 0 aromatic carbocycles. The van der Waals surface area contributed by atoms with Crippen molar-refractivity contribution in [2.24, 2.45) is 0 Å².